The molecule has 0 aliphatic heterocycles. The van der Waals surface area contributed by atoms with Crippen LogP contribution in [0.3, 0.4) is 0 Å². The summed E-state index contributed by atoms with van der Waals surface area (Å²) in [5, 5.41) is 0. The van der Waals surface area contributed by atoms with E-state index >= 15 is 0 Å². The molecule has 0 unspecified atom stereocenters. The van der Waals surface area contributed by atoms with E-state index in [1.54, 1.807) is 0 Å². The van der Waals surface area contributed by atoms with E-state index in [-0.39, 0.29) is 11.2 Å². The summed E-state index contributed by atoms with van der Waals surface area (Å²) in [5.74, 6) is 0. The van der Waals surface area contributed by atoms with Crippen LogP contribution in [0.2, 0.25) is 0 Å². The highest BCUT2D eigenvalue weighted by Gasteiger charge is 2.30. The van der Waals surface area contributed by atoms with Crippen LogP contribution in [0, 0.1) is 0 Å². The molecule has 0 atom stereocenters. The van der Waals surface area contributed by atoms with Crippen molar-refractivity contribution in [3.63, 3.8) is 0 Å². The van der Waals surface area contributed by atoms with Crippen LogP contribution in [0.15, 0.2) is 0 Å². The third kappa shape index (κ3) is 5.84. The number of ether oxygens (including phenoxy) is 2. The van der Waals surface area contributed by atoms with Gasteiger partial charge in [-0.3, -0.25) is 0 Å². The monoisotopic (exact) mass is 243 g/mol. The molecule has 0 saturated heterocycles. The zero-order valence-electron chi connectivity index (χ0n) is 11.8. The van der Waals surface area contributed by atoms with Gasteiger partial charge in [0, 0.05) is 6.54 Å². The Hall–Kier alpha value is -0.120. The van der Waals surface area contributed by atoms with Gasteiger partial charge in [-0.05, 0) is 33.6 Å². The van der Waals surface area contributed by atoms with E-state index in [9.17, 15) is 0 Å². The number of hydrogen-bond donors (Lipinski definition) is 1. The molecule has 3 heteroatoms. The van der Waals surface area contributed by atoms with Crippen molar-refractivity contribution in [1.82, 2.24) is 0 Å². The first-order valence-electron chi connectivity index (χ1n) is 6.95. The lowest BCUT2D eigenvalue weighted by Crippen LogP contribution is -2.41. The highest BCUT2D eigenvalue weighted by Crippen LogP contribution is 2.29. The van der Waals surface area contributed by atoms with Crippen LogP contribution in [0.4, 0.5) is 0 Å². The zero-order chi connectivity index (χ0) is 12.8. The third-order valence-corrected chi connectivity index (χ3v) is 3.41. The van der Waals surface area contributed by atoms with Crippen LogP contribution in [0.1, 0.15) is 59.3 Å². The Kier molecular flexibility index (Phi) is 5.90. The van der Waals surface area contributed by atoms with Crippen molar-refractivity contribution < 1.29 is 9.47 Å². The smallest absolute Gasteiger partial charge is 0.0805 e. The molecule has 17 heavy (non-hydrogen) atoms. The molecule has 0 heterocycles. The first kappa shape index (κ1) is 14.9. The molecule has 1 saturated carbocycles. The summed E-state index contributed by atoms with van der Waals surface area (Å²) in [6.07, 6.45) is 7.36. The van der Waals surface area contributed by atoms with Gasteiger partial charge in [0.2, 0.25) is 0 Å². The molecule has 1 fully saturated rings. The van der Waals surface area contributed by atoms with Crippen molar-refractivity contribution in [2.24, 2.45) is 5.73 Å². The zero-order valence-corrected chi connectivity index (χ0v) is 11.8. The van der Waals surface area contributed by atoms with Crippen molar-refractivity contribution in [2.45, 2.75) is 70.5 Å². The van der Waals surface area contributed by atoms with Gasteiger partial charge in [0.15, 0.2) is 0 Å². The summed E-state index contributed by atoms with van der Waals surface area (Å²) >= 11 is 0. The molecule has 0 amide bonds. The average molecular weight is 243 g/mol. The fraction of sp³-hybridized carbons (Fsp3) is 1.00. The summed E-state index contributed by atoms with van der Waals surface area (Å²) in [6.45, 7) is 8.16. The van der Waals surface area contributed by atoms with Gasteiger partial charge in [-0.25, -0.2) is 0 Å². The van der Waals surface area contributed by atoms with E-state index in [1.807, 2.05) is 0 Å². The van der Waals surface area contributed by atoms with Gasteiger partial charge in [-0.2, -0.15) is 0 Å². The van der Waals surface area contributed by atoms with Gasteiger partial charge in [-0.15, -0.1) is 0 Å². The van der Waals surface area contributed by atoms with Crippen LogP contribution < -0.4 is 5.73 Å². The fourth-order valence-corrected chi connectivity index (χ4v) is 2.39. The molecule has 1 aliphatic carbocycles. The largest absolute Gasteiger partial charge is 0.373 e. The topological polar surface area (TPSA) is 44.5 Å². The lowest BCUT2D eigenvalue weighted by molar-refractivity contribution is -0.0942. The fourth-order valence-electron chi connectivity index (χ4n) is 2.39. The summed E-state index contributed by atoms with van der Waals surface area (Å²) in [7, 11) is 0. The molecule has 0 bridgehead atoms. The normalized spacial score (nSPS) is 21.2. The van der Waals surface area contributed by atoms with Crippen LogP contribution >= 0.6 is 0 Å². The first-order valence-corrected chi connectivity index (χ1v) is 6.95. The molecule has 0 aromatic heterocycles. The second-order valence-electron chi connectivity index (χ2n) is 6.11. The number of rotatable bonds is 5. The molecule has 2 N–H and O–H groups in total. The van der Waals surface area contributed by atoms with Crippen molar-refractivity contribution in [3.8, 4) is 0 Å². The molecule has 0 radical (unpaired) electrons. The minimum atomic E-state index is -0.0807. The molecule has 0 aromatic rings. The van der Waals surface area contributed by atoms with Crippen molar-refractivity contribution in [2.75, 3.05) is 19.8 Å². The Morgan fingerprint density at radius 2 is 1.59 bits per heavy atom. The maximum atomic E-state index is 6.05. The highest BCUT2D eigenvalue weighted by atomic mass is 16.5. The first-order chi connectivity index (χ1) is 7.97. The van der Waals surface area contributed by atoms with E-state index in [0.717, 1.165) is 12.8 Å². The molecule has 3 nitrogen and oxygen atoms in total. The van der Waals surface area contributed by atoms with Gasteiger partial charge in [-0.1, -0.05) is 25.7 Å². The molecule has 102 valence electrons. The predicted octanol–water partition coefficient (Wildman–Crippen LogP) is 2.87. The van der Waals surface area contributed by atoms with E-state index < -0.39 is 0 Å². The summed E-state index contributed by atoms with van der Waals surface area (Å²) in [5.41, 5.74) is 5.76. The second kappa shape index (κ2) is 6.72. The Morgan fingerprint density at radius 1 is 1.00 bits per heavy atom. The van der Waals surface area contributed by atoms with E-state index in [1.165, 1.54) is 25.7 Å². The maximum Gasteiger partial charge on any atom is 0.0805 e. The van der Waals surface area contributed by atoms with E-state index in [0.29, 0.717) is 19.8 Å². The van der Waals surface area contributed by atoms with Crippen LogP contribution in [0.5, 0.6) is 0 Å². The number of nitrogens with two attached hydrogens (primary N) is 1. The van der Waals surface area contributed by atoms with Gasteiger partial charge >= 0.3 is 0 Å². The molecular formula is C14H29NO2. The van der Waals surface area contributed by atoms with E-state index in [4.69, 9.17) is 15.2 Å². The Balaban J connectivity index is 2.30. The molecule has 0 aromatic carbocycles. The number of hydrogen-bond acceptors (Lipinski definition) is 3. The molecular weight excluding hydrogens is 214 g/mol. The lowest BCUT2D eigenvalue weighted by Gasteiger charge is -2.32. The minimum absolute atomic E-state index is 0.0717. The highest BCUT2D eigenvalue weighted by molar-refractivity contribution is 4.84. The van der Waals surface area contributed by atoms with Gasteiger partial charge in [0.25, 0.3) is 0 Å². The summed E-state index contributed by atoms with van der Waals surface area (Å²) in [4.78, 5) is 0. The second-order valence-corrected chi connectivity index (χ2v) is 6.11. The lowest BCUT2D eigenvalue weighted by atomic mass is 9.94. The van der Waals surface area contributed by atoms with Crippen LogP contribution in [-0.2, 0) is 9.47 Å². The molecule has 1 rings (SSSR count). The van der Waals surface area contributed by atoms with E-state index in [2.05, 4.69) is 20.8 Å². The van der Waals surface area contributed by atoms with Crippen molar-refractivity contribution in [1.29, 1.82) is 0 Å². The Labute approximate surface area is 106 Å². The van der Waals surface area contributed by atoms with Crippen LogP contribution in [-0.4, -0.2) is 31.0 Å². The van der Waals surface area contributed by atoms with Gasteiger partial charge in [0.05, 0.1) is 24.4 Å². The predicted molar refractivity (Wildman–Crippen MR) is 71.1 cm³/mol. The quantitative estimate of drug-likeness (QED) is 0.596. The molecule has 1 aliphatic rings. The summed E-state index contributed by atoms with van der Waals surface area (Å²) in [6, 6.07) is 0. The van der Waals surface area contributed by atoms with Crippen molar-refractivity contribution in [3.05, 3.63) is 0 Å². The molecule has 0 spiro atoms. The SMILES string of the molecule is CC(C)(C)OCCOC1(CN)CCCCCC1. The Bertz CT molecular complexity index is 203. The Morgan fingerprint density at radius 3 is 2.06 bits per heavy atom. The standard InChI is InChI=1S/C14H29NO2/c1-13(2,3)16-10-11-17-14(12-15)8-6-4-5-7-9-14/h4-12,15H2,1-3H3. The van der Waals surface area contributed by atoms with Crippen molar-refractivity contribution >= 4 is 0 Å². The van der Waals surface area contributed by atoms with Crippen LogP contribution in [0.25, 0.3) is 0 Å². The summed E-state index contributed by atoms with van der Waals surface area (Å²) < 4.78 is 11.7. The minimum Gasteiger partial charge on any atom is -0.373 e. The average Bonchev–Trinajstić information content (AvgIpc) is 2.49. The maximum absolute atomic E-state index is 6.05. The van der Waals surface area contributed by atoms with Gasteiger partial charge < -0.3 is 15.2 Å². The van der Waals surface area contributed by atoms with Gasteiger partial charge in [0.1, 0.15) is 0 Å². The third-order valence-electron chi connectivity index (χ3n) is 3.41.